The summed E-state index contributed by atoms with van der Waals surface area (Å²) in [5.41, 5.74) is 0.751. The zero-order chi connectivity index (χ0) is 16.5. The van der Waals surface area contributed by atoms with Crippen molar-refractivity contribution in [2.45, 2.75) is 50.2 Å². The molecule has 0 radical (unpaired) electrons. The summed E-state index contributed by atoms with van der Waals surface area (Å²) in [4.78, 5) is 26.1. The third-order valence-corrected chi connectivity index (χ3v) is 5.21. The number of hydrogen-bond acceptors (Lipinski definition) is 4. The first-order valence-corrected chi connectivity index (χ1v) is 8.76. The molecule has 0 spiro atoms. The molecule has 3 heterocycles. The van der Waals surface area contributed by atoms with Gasteiger partial charge in [-0.3, -0.25) is 9.59 Å². The first kappa shape index (κ1) is 15.4. The van der Waals surface area contributed by atoms with E-state index in [4.69, 9.17) is 4.74 Å². The van der Waals surface area contributed by atoms with Gasteiger partial charge in [0, 0.05) is 31.1 Å². The number of carbonyl (C=O) groups excluding carboxylic acids is 2. The summed E-state index contributed by atoms with van der Waals surface area (Å²) >= 11 is 0. The molecule has 2 saturated heterocycles. The second kappa shape index (κ2) is 6.43. The van der Waals surface area contributed by atoms with E-state index in [1.54, 1.807) is 4.90 Å². The summed E-state index contributed by atoms with van der Waals surface area (Å²) in [5, 5.41) is 6.73. The third-order valence-electron chi connectivity index (χ3n) is 5.21. The SMILES string of the molecule is O=C(CCN1C(=O)COc2ccccc21)NC1CC2CCC(C1)N2. The monoisotopic (exact) mass is 329 g/mol. The molecule has 3 aliphatic heterocycles. The molecule has 2 atom stereocenters. The topological polar surface area (TPSA) is 70.7 Å². The first-order chi connectivity index (χ1) is 11.7. The lowest BCUT2D eigenvalue weighted by Gasteiger charge is -2.31. The Balaban J connectivity index is 1.33. The lowest BCUT2D eigenvalue weighted by molar-refractivity contribution is -0.122. The van der Waals surface area contributed by atoms with Crippen LogP contribution in [0.4, 0.5) is 5.69 Å². The van der Waals surface area contributed by atoms with Gasteiger partial charge in [0.1, 0.15) is 5.75 Å². The van der Waals surface area contributed by atoms with E-state index in [0.717, 1.165) is 18.5 Å². The fourth-order valence-electron chi connectivity index (χ4n) is 4.09. The van der Waals surface area contributed by atoms with Crippen LogP contribution in [0.1, 0.15) is 32.1 Å². The minimum absolute atomic E-state index is 0.0260. The van der Waals surface area contributed by atoms with Gasteiger partial charge < -0.3 is 20.3 Å². The van der Waals surface area contributed by atoms with Crippen molar-refractivity contribution in [2.24, 2.45) is 0 Å². The predicted octanol–water partition coefficient (Wildman–Crippen LogP) is 1.20. The second-order valence-electron chi connectivity index (χ2n) is 6.93. The Morgan fingerprint density at radius 1 is 1.25 bits per heavy atom. The number of para-hydroxylation sites is 2. The molecule has 2 fully saturated rings. The van der Waals surface area contributed by atoms with E-state index in [0.29, 0.717) is 30.8 Å². The van der Waals surface area contributed by atoms with Gasteiger partial charge in [0.05, 0.1) is 5.69 Å². The number of anilines is 1. The minimum atomic E-state index is -0.0959. The van der Waals surface area contributed by atoms with Gasteiger partial charge in [0.15, 0.2) is 6.61 Å². The highest BCUT2D eigenvalue weighted by Crippen LogP contribution is 2.31. The largest absolute Gasteiger partial charge is 0.482 e. The van der Waals surface area contributed by atoms with E-state index in [1.165, 1.54) is 12.8 Å². The van der Waals surface area contributed by atoms with Crippen LogP contribution in [0, 0.1) is 0 Å². The van der Waals surface area contributed by atoms with Gasteiger partial charge in [-0.25, -0.2) is 0 Å². The summed E-state index contributed by atoms with van der Waals surface area (Å²) in [6.45, 7) is 0.430. The summed E-state index contributed by atoms with van der Waals surface area (Å²) < 4.78 is 5.43. The summed E-state index contributed by atoms with van der Waals surface area (Å²) in [5.74, 6) is 0.631. The van der Waals surface area contributed by atoms with Gasteiger partial charge >= 0.3 is 0 Å². The molecule has 2 bridgehead atoms. The Kier molecular flexibility index (Phi) is 4.14. The minimum Gasteiger partial charge on any atom is -0.482 e. The molecule has 2 amide bonds. The maximum Gasteiger partial charge on any atom is 0.265 e. The molecular weight excluding hydrogens is 306 g/mol. The Bertz CT molecular complexity index is 636. The molecular formula is C18H23N3O3. The number of amides is 2. The summed E-state index contributed by atoms with van der Waals surface area (Å²) in [7, 11) is 0. The van der Waals surface area contributed by atoms with Crippen LogP contribution in [0.5, 0.6) is 5.75 Å². The van der Waals surface area contributed by atoms with Crippen LogP contribution >= 0.6 is 0 Å². The number of nitrogens with zero attached hydrogens (tertiary/aromatic N) is 1. The molecule has 1 aromatic carbocycles. The summed E-state index contributed by atoms with van der Waals surface area (Å²) in [6, 6.07) is 8.84. The molecule has 0 aliphatic carbocycles. The van der Waals surface area contributed by atoms with Gasteiger partial charge in [-0.05, 0) is 37.8 Å². The lowest BCUT2D eigenvalue weighted by atomic mass is 10.00. The Morgan fingerprint density at radius 2 is 2.00 bits per heavy atom. The average Bonchev–Trinajstić information content (AvgIpc) is 2.92. The average molecular weight is 329 g/mol. The van der Waals surface area contributed by atoms with Crippen molar-refractivity contribution in [3.8, 4) is 5.75 Å². The van der Waals surface area contributed by atoms with Gasteiger partial charge in [-0.1, -0.05) is 12.1 Å². The molecule has 2 N–H and O–H groups in total. The predicted molar refractivity (Wildman–Crippen MR) is 90.0 cm³/mol. The first-order valence-electron chi connectivity index (χ1n) is 8.76. The van der Waals surface area contributed by atoms with Crippen LogP contribution in [-0.2, 0) is 9.59 Å². The molecule has 1 aromatic rings. The van der Waals surface area contributed by atoms with Crippen LogP contribution in [-0.4, -0.2) is 43.1 Å². The van der Waals surface area contributed by atoms with E-state index in [2.05, 4.69) is 10.6 Å². The van der Waals surface area contributed by atoms with Crippen molar-refractivity contribution in [2.75, 3.05) is 18.1 Å². The molecule has 0 aromatic heterocycles. The molecule has 6 heteroatoms. The number of ether oxygens (including phenoxy) is 1. The third kappa shape index (κ3) is 3.11. The summed E-state index contributed by atoms with van der Waals surface area (Å²) in [6.07, 6.45) is 4.79. The quantitative estimate of drug-likeness (QED) is 0.871. The number of fused-ring (bicyclic) bond motifs is 3. The zero-order valence-corrected chi connectivity index (χ0v) is 13.7. The van der Waals surface area contributed by atoms with Gasteiger partial charge in [0.2, 0.25) is 5.91 Å². The van der Waals surface area contributed by atoms with E-state index in [-0.39, 0.29) is 24.5 Å². The van der Waals surface area contributed by atoms with E-state index in [9.17, 15) is 9.59 Å². The van der Waals surface area contributed by atoms with Gasteiger partial charge in [0.25, 0.3) is 5.91 Å². The number of carbonyl (C=O) groups is 2. The molecule has 2 unspecified atom stereocenters. The van der Waals surface area contributed by atoms with Crippen LogP contribution in [0.25, 0.3) is 0 Å². The number of benzene rings is 1. The Morgan fingerprint density at radius 3 is 2.79 bits per heavy atom. The number of hydrogen-bond donors (Lipinski definition) is 2. The molecule has 6 nitrogen and oxygen atoms in total. The van der Waals surface area contributed by atoms with Crippen molar-refractivity contribution in [3.05, 3.63) is 24.3 Å². The highest BCUT2D eigenvalue weighted by molar-refractivity contribution is 5.98. The van der Waals surface area contributed by atoms with E-state index >= 15 is 0 Å². The number of rotatable bonds is 4. The Labute approximate surface area is 141 Å². The van der Waals surface area contributed by atoms with Gasteiger partial charge in [-0.2, -0.15) is 0 Å². The molecule has 0 saturated carbocycles. The maximum absolute atomic E-state index is 12.3. The van der Waals surface area contributed by atoms with Crippen molar-refractivity contribution in [1.82, 2.24) is 10.6 Å². The van der Waals surface area contributed by atoms with Crippen molar-refractivity contribution in [1.29, 1.82) is 0 Å². The standard InChI is InChI=1S/C18H23N3O3/c22-17(20-14-9-12-5-6-13(10-14)19-12)7-8-21-15-3-1-2-4-16(15)24-11-18(21)23/h1-4,12-14,19H,5-11H2,(H,20,22). The molecule has 128 valence electrons. The highest BCUT2D eigenvalue weighted by atomic mass is 16.5. The fourth-order valence-corrected chi connectivity index (χ4v) is 4.09. The normalized spacial score (nSPS) is 28.2. The molecule has 4 rings (SSSR count). The Hall–Kier alpha value is -2.08. The van der Waals surface area contributed by atoms with Crippen LogP contribution in [0.3, 0.4) is 0 Å². The van der Waals surface area contributed by atoms with Gasteiger partial charge in [-0.15, -0.1) is 0 Å². The molecule has 3 aliphatic rings. The maximum atomic E-state index is 12.3. The smallest absolute Gasteiger partial charge is 0.265 e. The highest BCUT2D eigenvalue weighted by Gasteiger charge is 2.34. The van der Waals surface area contributed by atoms with E-state index < -0.39 is 0 Å². The number of piperidine rings is 1. The lowest BCUT2D eigenvalue weighted by Crippen LogP contribution is -2.48. The number of nitrogens with one attached hydrogen (secondary N) is 2. The van der Waals surface area contributed by atoms with Crippen molar-refractivity contribution >= 4 is 17.5 Å². The zero-order valence-electron chi connectivity index (χ0n) is 13.7. The van der Waals surface area contributed by atoms with E-state index in [1.807, 2.05) is 24.3 Å². The fraction of sp³-hybridized carbons (Fsp3) is 0.556. The van der Waals surface area contributed by atoms with Crippen molar-refractivity contribution < 1.29 is 14.3 Å². The second-order valence-corrected chi connectivity index (χ2v) is 6.93. The van der Waals surface area contributed by atoms with Crippen LogP contribution in [0.15, 0.2) is 24.3 Å². The van der Waals surface area contributed by atoms with Crippen LogP contribution < -0.4 is 20.3 Å². The van der Waals surface area contributed by atoms with Crippen LogP contribution in [0.2, 0.25) is 0 Å². The molecule has 24 heavy (non-hydrogen) atoms. The van der Waals surface area contributed by atoms with Crippen molar-refractivity contribution in [3.63, 3.8) is 0 Å².